The molecule has 9 atom stereocenters. The average Bonchev–Trinajstić information content (AvgIpc) is 3.42. The lowest BCUT2D eigenvalue weighted by Gasteiger charge is -2.60. The van der Waals surface area contributed by atoms with Crippen LogP contribution in [0.15, 0.2) is 42.5 Å². The Hall–Kier alpha value is -4.51. The Morgan fingerprint density at radius 2 is 1.60 bits per heavy atom. The van der Waals surface area contributed by atoms with E-state index in [1.54, 1.807) is 26.8 Å². The van der Waals surface area contributed by atoms with Crippen LogP contribution in [0.4, 0.5) is 8.78 Å². The third-order valence-corrected chi connectivity index (χ3v) is 12.2. The second-order valence-electron chi connectivity index (χ2n) is 17.9. The Balaban J connectivity index is 0.966. The molecule has 4 heterocycles. The van der Waals surface area contributed by atoms with Gasteiger partial charge in [0, 0.05) is 49.5 Å². The van der Waals surface area contributed by atoms with Crippen LogP contribution in [0.25, 0.3) is 11.1 Å². The van der Waals surface area contributed by atoms with E-state index in [9.17, 15) is 32.8 Å². The summed E-state index contributed by atoms with van der Waals surface area (Å²) in [5.74, 6) is -4.13. The van der Waals surface area contributed by atoms with E-state index < -0.39 is 70.6 Å². The number of amides is 5. The Morgan fingerprint density at radius 1 is 0.850 bits per heavy atom. The van der Waals surface area contributed by atoms with Gasteiger partial charge in [0.15, 0.2) is 11.9 Å². The van der Waals surface area contributed by atoms with E-state index in [-0.39, 0.29) is 80.1 Å². The fourth-order valence-corrected chi connectivity index (χ4v) is 9.22. The van der Waals surface area contributed by atoms with E-state index >= 15 is 0 Å². The van der Waals surface area contributed by atoms with E-state index in [1.165, 1.54) is 30.3 Å². The summed E-state index contributed by atoms with van der Waals surface area (Å²) >= 11 is 0. The van der Waals surface area contributed by atoms with Gasteiger partial charge in [-0.15, -0.1) is 0 Å². The molecule has 1 saturated carbocycles. The van der Waals surface area contributed by atoms with Gasteiger partial charge in [-0.05, 0) is 94.9 Å². The van der Waals surface area contributed by atoms with Crippen molar-refractivity contribution in [1.29, 1.82) is 0 Å². The summed E-state index contributed by atoms with van der Waals surface area (Å²) in [5.41, 5.74) is -1.08. The maximum Gasteiger partial charge on any atom is 0.254 e. The fraction of sp³-hybridized carbons (Fsp3) is 0.614. The van der Waals surface area contributed by atoms with Crippen molar-refractivity contribution in [3.63, 3.8) is 0 Å². The van der Waals surface area contributed by atoms with Crippen LogP contribution in [-0.4, -0.2) is 84.5 Å². The molecule has 0 unspecified atom stereocenters. The van der Waals surface area contributed by atoms with Gasteiger partial charge in [0.2, 0.25) is 29.4 Å². The van der Waals surface area contributed by atoms with Gasteiger partial charge < -0.3 is 36.1 Å². The lowest BCUT2D eigenvalue weighted by Crippen LogP contribution is -2.70. The van der Waals surface area contributed by atoms with Gasteiger partial charge in [0.25, 0.3) is 5.91 Å². The normalized spacial score (nSPS) is 28.7. The van der Waals surface area contributed by atoms with Crippen LogP contribution in [-0.2, 0) is 38.4 Å². The first kappa shape index (κ1) is 45.0. The summed E-state index contributed by atoms with van der Waals surface area (Å²) in [4.78, 5) is 77.2. The molecule has 2 aromatic carbocycles. The molecule has 14 nitrogen and oxygen atoms in total. The predicted octanol–water partition coefficient (Wildman–Crippen LogP) is 4.80. The third-order valence-electron chi connectivity index (χ3n) is 12.2. The SMILES string of the molecule is C[C@H]1[C@@H](CC(=O)NCCCC(=O)N[C@@H](CC(=O)NC(C)(C)C)C(=O)NCCNC(=O)c2cc(-c3ccccc3F)ccc2F)O[C@@H]2O[C@@]3(C)CC[C@H]4[C@H](C)CC[C@@H]1[C@@]24OO3. The highest BCUT2D eigenvalue weighted by Gasteiger charge is 2.69. The minimum absolute atomic E-state index is 0.00407. The van der Waals surface area contributed by atoms with Crippen molar-refractivity contribution < 1.29 is 52.0 Å². The zero-order valence-electron chi connectivity index (χ0n) is 35.3. The Labute approximate surface area is 349 Å². The molecule has 7 rings (SSSR count). The van der Waals surface area contributed by atoms with Crippen molar-refractivity contribution in [2.45, 2.75) is 128 Å². The standard InChI is InChI=1S/C44H59F2N5O9/c1-25-13-15-31-26(2)35(57-41-44(31)30(25)17-18-43(6,58-41)59-60-44)24-37(53)47-19-9-12-36(52)50-34(23-38(54)51-42(3,4)5)40(56)49-21-20-48-39(55)29-22-27(14-16-33(29)46)28-10-7-8-11-32(28)45/h7-8,10-11,14,16,22,25-26,30-31,34-35,41H,9,12-13,15,17-21,23-24H2,1-6H3,(H,47,53)(H,48,55)(H,49,56)(H,50,52)(H,51,54)/t25-,26-,30+,31+,34+,35-,41-,43-,44-/m1/s1. The van der Waals surface area contributed by atoms with Crippen molar-refractivity contribution in [3.8, 4) is 11.1 Å². The quantitative estimate of drug-likeness (QED) is 0.124. The summed E-state index contributed by atoms with van der Waals surface area (Å²) in [7, 11) is 0. The van der Waals surface area contributed by atoms with Gasteiger partial charge in [-0.3, -0.25) is 24.0 Å². The lowest BCUT2D eigenvalue weighted by molar-refractivity contribution is -0.570. The fourth-order valence-electron chi connectivity index (χ4n) is 9.22. The monoisotopic (exact) mass is 839 g/mol. The largest absolute Gasteiger partial charge is 0.356 e. The minimum atomic E-state index is -1.24. The molecule has 2 bridgehead atoms. The molecule has 5 aliphatic rings. The molecule has 16 heteroatoms. The zero-order valence-corrected chi connectivity index (χ0v) is 35.3. The number of benzene rings is 2. The maximum absolute atomic E-state index is 14.6. The van der Waals surface area contributed by atoms with Crippen molar-refractivity contribution in [3.05, 3.63) is 59.7 Å². The molecule has 0 aromatic heterocycles. The maximum atomic E-state index is 14.6. The molecule has 0 radical (unpaired) electrons. The number of halogens is 2. The first-order valence-electron chi connectivity index (χ1n) is 21.1. The van der Waals surface area contributed by atoms with E-state index in [0.29, 0.717) is 17.9 Å². The number of hydrogen-bond donors (Lipinski definition) is 5. The lowest BCUT2D eigenvalue weighted by atomic mass is 9.57. The second-order valence-corrected chi connectivity index (χ2v) is 17.9. The summed E-state index contributed by atoms with van der Waals surface area (Å²) in [6.45, 7) is 11.5. The highest BCUT2D eigenvalue weighted by Crippen LogP contribution is 2.60. The van der Waals surface area contributed by atoms with Gasteiger partial charge in [-0.1, -0.05) is 38.1 Å². The van der Waals surface area contributed by atoms with Crippen LogP contribution in [0, 0.1) is 35.3 Å². The van der Waals surface area contributed by atoms with Crippen molar-refractivity contribution in [2.24, 2.45) is 23.7 Å². The molecular formula is C44H59F2N5O9. The van der Waals surface area contributed by atoms with Crippen LogP contribution in [0.3, 0.4) is 0 Å². The van der Waals surface area contributed by atoms with Crippen LogP contribution >= 0.6 is 0 Å². The van der Waals surface area contributed by atoms with Crippen LogP contribution < -0.4 is 26.6 Å². The first-order valence-corrected chi connectivity index (χ1v) is 21.1. The van der Waals surface area contributed by atoms with E-state index in [1.807, 2.05) is 6.92 Å². The number of nitrogens with one attached hydrogen (secondary N) is 5. The molecule has 5 fully saturated rings. The average molecular weight is 840 g/mol. The Morgan fingerprint density at radius 3 is 2.35 bits per heavy atom. The predicted molar refractivity (Wildman–Crippen MR) is 215 cm³/mol. The molecule has 2 aromatic rings. The second kappa shape index (κ2) is 18.6. The minimum Gasteiger partial charge on any atom is -0.356 e. The molecular weight excluding hydrogens is 781 g/mol. The molecule has 5 N–H and O–H groups in total. The number of ether oxygens (including phenoxy) is 2. The van der Waals surface area contributed by atoms with Crippen molar-refractivity contribution in [2.75, 3.05) is 19.6 Å². The van der Waals surface area contributed by atoms with Crippen molar-refractivity contribution >= 4 is 29.5 Å². The molecule has 1 spiro atoms. The van der Waals surface area contributed by atoms with E-state index in [2.05, 4.69) is 40.4 Å². The van der Waals surface area contributed by atoms with Crippen LogP contribution in [0.1, 0.15) is 103 Å². The molecule has 328 valence electrons. The number of rotatable bonds is 15. The van der Waals surface area contributed by atoms with Gasteiger partial charge in [0.05, 0.1) is 24.5 Å². The van der Waals surface area contributed by atoms with Gasteiger partial charge >= 0.3 is 0 Å². The summed E-state index contributed by atoms with van der Waals surface area (Å²) in [5, 5.41) is 13.4. The van der Waals surface area contributed by atoms with Crippen molar-refractivity contribution in [1.82, 2.24) is 26.6 Å². The number of hydrogen-bond acceptors (Lipinski definition) is 9. The third kappa shape index (κ3) is 10.3. The highest BCUT2D eigenvalue weighted by molar-refractivity contribution is 5.96. The Kier molecular flexibility index (Phi) is 14.0. The topological polar surface area (TPSA) is 182 Å². The number of fused-ring (bicyclic) bond motifs is 2. The summed E-state index contributed by atoms with van der Waals surface area (Å²) in [6, 6.07) is 8.39. The Bertz CT molecular complexity index is 1930. The van der Waals surface area contributed by atoms with Gasteiger partial charge in [-0.25, -0.2) is 18.6 Å². The van der Waals surface area contributed by atoms with E-state index in [4.69, 9.17) is 19.2 Å². The molecule has 1 aliphatic carbocycles. The smallest absolute Gasteiger partial charge is 0.254 e. The van der Waals surface area contributed by atoms with Gasteiger partial charge in [-0.2, -0.15) is 0 Å². The summed E-state index contributed by atoms with van der Waals surface area (Å²) < 4.78 is 41.9. The van der Waals surface area contributed by atoms with Crippen LogP contribution in [0.5, 0.6) is 0 Å². The number of carbonyl (C=O) groups excluding carboxylic acids is 5. The summed E-state index contributed by atoms with van der Waals surface area (Å²) in [6.07, 6.45) is 2.51. The van der Waals surface area contributed by atoms with Crippen LogP contribution in [0.2, 0.25) is 0 Å². The number of carbonyl (C=O) groups is 5. The van der Waals surface area contributed by atoms with E-state index in [0.717, 1.165) is 25.3 Å². The first-order chi connectivity index (χ1) is 28.4. The zero-order chi connectivity index (χ0) is 43.4. The molecule has 4 saturated heterocycles. The highest BCUT2D eigenvalue weighted by atomic mass is 19.1. The molecule has 60 heavy (non-hydrogen) atoms. The van der Waals surface area contributed by atoms with Gasteiger partial charge in [0.1, 0.15) is 17.7 Å². The molecule has 4 aliphatic heterocycles. The molecule has 5 amide bonds.